The van der Waals surface area contributed by atoms with Gasteiger partial charge in [-0.2, -0.15) is 0 Å². The summed E-state index contributed by atoms with van der Waals surface area (Å²) in [5.41, 5.74) is 0.871. The fraction of sp³-hybridized carbons (Fsp3) is 0.667. The van der Waals surface area contributed by atoms with Gasteiger partial charge in [0.1, 0.15) is 24.4 Å². The van der Waals surface area contributed by atoms with Crippen LogP contribution >= 0.6 is 0 Å². The van der Waals surface area contributed by atoms with Gasteiger partial charge < -0.3 is 29.2 Å². The molecule has 6 nitrogen and oxygen atoms in total. The first kappa shape index (κ1) is 19.0. The maximum Gasteiger partial charge on any atom is 0.186 e. The molecule has 2 heterocycles. The molecule has 3 rings (SSSR count). The second-order valence-electron chi connectivity index (χ2n) is 7.88. The Morgan fingerprint density at radius 1 is 1.08 bits per heavy atom. The van der Waals surface area contributed by atoms with Crippen molar-refractivity contribution in [3.8, 4) is 0 Å². The van der Waals surface area contributed by atoms with Crippen LogP contribution in [0.5, 0.6) is 0 Å². The van der Waals surface area contributed by atoms with Gasteiger partial charge in [0.05, 0.1) is 6.61 Å². The van der Waals surface area contributed by atoms with Crippen molar-refractivity contribution >= 4 is 8.07 Å². The van der Waals surface area contributed by atoms with Gasteiger partial charge in [0.2, 0.25) is 0 Å². The first-order valence-electron chi connectivity index (χ1n) is 8.80. The predicted molar refractivity (Wildman–Crippen MR) is 94.8 cm³/mol. The molecule has 1 aromatic carbocycles. The van der Waals surface area contributed by atoms with E-state index in [4.69, 9.17) is 18.9 Å². The maximum atomic E-state index is 10.5. The molecule has 2 aliphatic rings. The van der Waals surface area contributed by atoms with E-state index in [-0.39, 0.29) is 6.61 Å². The van der Waals surface area contributed by atoms with Crippen molar-refractivity contribution in [1.82, 2.24) is 0 Å². The monoisotopic (exact) mass is 368 g/mol. The molecule has 2 fully saturated rings. The van der Waals surface area contributed by atoms with E-state index in [1.54, 1.807) is 0 Å². The number of aliphatic hydroxyl groups is 2. The Bertz CT molecular complexity index is 546. The van der Waals surface area contributed by atoms with Crippen LogP contribution in [0.2, 0.25) is 25.7 Å². The lowest BCUT2D eigenvalue weighted by Gasteiger charge is -2.46. The molecule has 0 saturated carbocycles. The lowest BCUT2D eigenvalue weighted by atomic mass is 9.98. The first-order valence-corrected chi connectivity index (χ1v) is 12.5. The molecule has 0 radical (unpaired) electrons. The fourth-order valence-electron chi connectivity index (χ4n) is 2.98. The van der Waals surface area contributed by atoms with Crippen molar-refractivity contribution in [2.75, 3.05) is 13.2 Å². The van der Waals surface area contributed by atoms with Crippen LogP contribution in [-0.2, 0) is 18.9 Å². The third-order valence-electron chi connectivity index (χ3n) is 4.54. The molecule has 140 valence electrons. The highest BCUT2D eigenvalue weighted by atomic mass is 28.3. The molecular formula is C18H28O6Si. The number of hydrogen-bond donors (Lipinski definition) is 2. The standard InChI is InChI=1S/C18H28O6Si/c1-25(2,3)10-9-21-18-15(20)14(19)16-13(23-18)11-22-17(24-16)12-7-5-4-6-8-12/h4-8,13-20H,9-11H2,1-3H3/t13-,14-,15-,16-,17?,18-/m1/s1. The summed E-state index contributed by atoms with van der Waals surface area (Å²) in [5.74, 6) is 0. The van der Waals surface area contributed by atoms with Crippen LogP contribution in [0.4, 0.5) is 0 Å². The van der Waals surface area contributed by atoms with Crippen LogP contribution in [0.15, 0.2) is 30.3 Å². The van der Waals surface area contributed by atoms with Gasteiger partial charge in [-0.15, -0.1) is 0 Å². The zero-order valence-corrected chi connectivity index (χ0v) is 16.0. The summed E-state index contributed by atoms with van der Waals surface area (Å²) < 4.78 is 23.1. The molecule has 2 saturated heterocycles. The minimum absolute atomic E-state index is 0.280. The smallest absolute Gasteiger partial charge is 0.186 e. The summed E-state index contributed by atoms with van der Waals surface area (Å²) in [6, 6.07) is 10.5. The zero-order chi connectivity index (χ0) is 18.0. The van der Waals surface area contributed by atoms with Gasteiger partial charge in [0.15, 0.2) is 12.6 Å². The summed E-state index contributed by atoms with van der Waals surface area (Å²) in [7, 11) is -1.24. The Morgan fingerprint density at radius 2 is 1.80 bits per heavy atom. The van der Waals surface area contributed by atoms with Crippen LogP contribution in [0, 0.1) is 0 Å². The summed E-state index contributed by atoms with van der Waals surface area (Å²) in [4.78, 5) is 0. The minimum atomic E-state index is -1.24. The van der Waals surface area contributed by atoms with Crippen molar-refractivity contribution in [1.29, 1.82) is 0 Å². The third kappa shape index (κ3) is 4.68. The van der Waals surface area contributed by atoms with Crippen molar-refractivity contribution in [2.24, 2.45) is 0 Å². The third-order valence-corrected chi connectivity index (χ3v) is 6.24. The van der Waals surface area contributed by atoms with Crippen LogP contribution in [0.3, 0.4) is 0 Å². The highest BCUT2D eigenvalue weighted by Gasteiger charge is 2.49. The minimum Gasteiger partial charge on any atom is -0.387 e. The van der Waals surface area contributed by atoms with E-state index < -0.39 is 45.1 Å². The normalized spacial score (nSPS) is 36.0. The van der Waals surface area contributed by atoms with Gasteiger partial charge in [-0.25, -0.2) is 0 Å². The number of ether oxygens (including phenoxy) is 4. The average Bonchev–Trinajstić information content (AvgIpc) is 2.59. The highest BCUT2D eigenvalue weighted by molar-refractivity contribution is 6.76. The molecule has 0 amide bonds. The molecule has 0 spiro atoms. The molecule has 0 aromatic heterocycles. The molecule has 7 heteroatoms. The van der Waals surface area contributed by atoms with Gasteiger partial charge in [-0.05, 0) is 6.04 Å². The average molecular weight is 369 g/mol. The maximum absolute atomic E-state index is 10.5. The summed E-state index contributed by atoms with van der Waals surface area (Å²) in [6.45, 7) is 7.56. The zero-order valence-electron chi connectivity index (χ0n) is 15.0. The molecule has 2 aliphatic heterocycles. The topological polar surface area (TPSA) is 77.4 Å². The number of rotatable bonds is 5. The SMILES string of the molecule is C[Si](C)(C)CCO[C@@H]1O[C@@H]2COC(c3ccccc3)O[C@H]2[C@H](O)[C@H]1O. The highest BCUT2D eigenvalue weighted by Crippen LogP contribution is 2.34. The number of hydrogen-bond acceptors (Lipinski definition) is 6. The quantitative estimate of drug-likeness (QED) is 0.773. The Labute approximate surface area is 149 Å². The predicted octanol–water partition coefficient (Wildman–Crippen LogP) is 1.90. The second-order valence-corrected chi connectivity index (χ2v) is 13.5. The van der Waals surface area contributed by atoms with E-state index in [0.29, 0.717) is 6.61 Å². The van der Waals surface area contributed by atoms with Crippen molar-refractivity contribution in [2.45, 2.75) is 62.7 Å². The molecule has 0 aliphatic carbocycles. The lowest BCUT2D eigenvalue weighted by Crippen LogP contribution is -2.62. The Balaban J connectivity index is 1.60. The molecule has 6 atom stereocenters. The van der Waals surface area contributed by atoms with Gasteiger partial charge >= 0.3 is 0 Å². The summed E-state index contributed by atoms with van der Waals surface area (Å²) in [5, 5.41) is 20.8. The van der Waals surface area contributed by atoms with Gasteiger partial charge in [0, 0.05) is 20.2 Å². The lowest BCUT2D eigenvalue weighted by molar-refractivity contribution is -0.360. The molecule has 25 heavy (non-hydrogen) atoms. The van der Waals surface area contributed by atoms with E-state index in [0.717, 1.165) is 11.6 Å². The molecule has 2 N–H and O–H groups in total. The Kier molecular flexibility index (Phi) is 5.94. The molecule has 0 bridgehead atoms. The van der Waals surface area contributed by atoms with Crippen molar-refractivity contribution < 1.29 is 29.2 Å². The second kappa shape index (κ2) is 7.83. The van der Waals surface area contributed by atoms with Crippen molar-refractivity contribution in [3.63, 3.8) is 0 Å². The molecule has 1 unspecified atom stereocenters. The van der Waals surface area contributed by atoms with Crippen LogP contribution in [-0.4, -0.2) is 62.2 Å². The van der Waals surface area contributed by atoms with E-state index in [1.165, 1.54) is 0 Å². The van der Waals surface area contributed by atoms with Crippen LogP contribution in [0.25, 0.3) is 0 Å². The summed E-state index contributed by atoms with van der Waals surface area (Å²) in [6.07, 6.45) is -4.76. The van der Waals surface area contributed by atoms with Crippen LogP contribution in [0.1, 0.15) is 11.9 Å². The number of aliphatic hydroxyl groups excluding tert-OH is 2. The number of fused-ring (bicyclic) bond motifs is 1. The Morgan fingerprint density at radius 3 is 2.48 bits per heavy atom. The van der Waals surface area contributed by atoms with Crippen LogP contribution < -0.4 is 0 Å². The largest absolute Gasteiger partial charge is 0.387 e. The van der Waals surface area contributed by atoms with Crippen molar-refractivity contribution in [3.05, 3.63) is 35.9 Å². The van der Waals surface area contributed by atoms with E-state index in [9.17, 15) is 10.2 Å². The summed E-state index contributed by atoms with van der Waals surface area (Å²) >= 11 is 0. The van der Waals surface area contributed by atoms with Gasteiger partial charge in [-0.1, -0.05) is 50.0 Å². The van der Waals surface area contributed by atoms with E-state index in [1.807, 2.05) is 30.3 Å². The first-order chi connectivity index (χ1) is 11.8. The van der Waals surface area contributed by atoms with Gasteiger partial charge in [-0.3, -0.25) is 0 Å². The van der Waals surface area contributed by atoms with E-state index >= 15 is 0 Å². The fourth-order valence-corrected chi connectivity index (χ4v) is 3.71. The molecule has 1 aromatic rings. The molecular weight excluding hydrogens is 340 g/mol. The van der Waals surface area contributed by atoms with Gasteiger partial charge in [0.25, 0.3) is 0 Å². The Hall–Kier alpha value is -0.803. The number of benzene rings is 1. The van der Waals surface area contributed by atoms with E-state index in [2.05, 4.69) is 19.6 Å².